The molecule has 5 heteroatoms. The number of aromatic nitrogens is 2. The highest BCUT2D eigenvalue weighted by Gasteiger charge is 2.31. The molecule has 5 nitrogen and oxygen atoms in total. The number of ether oxygens (including phenoxy) is 1. The Bertz CT molecular complexity index is 347. The summed E-state index contributed by atoms with van der Waals surface area (Å²) < 4.78 is 10.7. The Hall–Kier alpha value is -0.940. The van der Waals surface area contributed by atoms with E-state index in [9.17, 15) is 0 Å². The molecule has 0 radical (unpaired) electrons. The summed E-state index contributed by atoms with van der Waals surface area (Å²) in [5, 5.41) is 4.00. The van der Waals surface area contributed by atoms with Crippen LogP contribution in [0, 0.1) is 0 Å². The summed E-state index contributed by atoms with van der Waals surface area (Å²) in [4.78, 5) is 4.41. The molecule has 0 aromatic carbocycles. The van der Waals surface area contributed by atoms with E-state index in [1.807, 2.05) is 27.7 Å². The van der Waals surface area contributed by atoms with Gasteiger partial charge in [0.1, 0.15) is 5.60 Å². The average molecular weight is 241 g/mol. The van der Waals surface area contributed by atoms with Gasteiger partial charge in [0.2, 0.25) is 11.7 Å². The van der Waals surface area contributed by atoms with Crippen molar-refractivity contribution in [3.05, 3.63) is 11.7 Å². The fraction of sp³-hybridized carbons (Fsp3) is 0.833. The number of rotatable bonds is 6. The Labute approximate surface area is 103 Å². The van der Waals surface area contributed by atoms with Crippen LogP contribution in [0.5, 0.6) is 0 Å². The highest BCUT2D eigenvalue weighted by molar-refractivity contribution is 5.03. The van der Waals surface area contributed by atoms with Gasteiger partial charge in [-0.3, -0.25) is 0 Å². The zero-order valence-corrected chi connectivity index (χ0v) is 11.4. The first-order valence-corrected chi connectivity index (χ1v) is 6.13. The molecular formula is C12H23N3O2. The lowest BCUT2D eigenvalue weighted by molar-refractivity contribution is -0.0106. The molecule has 3 atom stereocenters. The summed E-state index contributed by atoms with van der Waals surface area (Å²) in [5.74, 6) is 1.25. The molecule has 0 bridgehead atoms. The molecule has 0 saturated carbocycles. The molecule has 0 fully saturated rings. The van der Waals surface area contributed by atoms with Crippen molar-refractivity contribution in [1.29, 1.82) is 0 Å². The third kappa shape index (κ3) is 2.84. The van der Waals surface area contributed by atoms with Crippen LogP contribution in [-0.4, -0.2) is 23.3 Å². The summed E-state index contributed by atoms with van der Waals surface area (Å²) in [7, 11) is 1.65. The number of hydrogen-bond donors (Lipinski definition) is 1. The minimum atomic E-state index is -0.488. The van der Waals surface area contributed by atoms with Crippen molar-refractivity contribution in [3.8, 4) is 0 Å². The molecule has 0 aliphatic heterocycles. The van der Waals surface area contributed by atoms with Crippen molar-refractivity contribution < 1.29 is 9.26 Å². The largest absolute Gasteiger partial charge is 0.370 e. The van der Waals surface area contributed by atoms with Crippen LogP contribution in [0.15, 0.2) is 4.52 Å². The molecule has 17 heavy (non-hydrogen) atoms. The van der Waals surface area contributed by atoms with E-state index in [1.54, 1.807) is 7.11 Å². The lowest BCUT2D eigenvalue weighted by Gasteiger charge is -2.22. The summed E-state index contributed by atoms with van der Waals surface area (Å²) >= 11 is 0. The van der Waals surface area contributed by atoms with Gasteiger partial charge in [-0.2, -0.15) is 4.98 Å². The maximum absolute atomic E-state index is 5.97. The maximum atomic E-state index is 5.97. The molecule has 3 unspecified atom stereocenters. The van der Waals surface area contributed by atoms with E-state index in [0.29, 0.717) is 11.7 Å². The van der Waals surface area contributed by atoms with Crippen LogP contribution in [0.4, 0.5) is 0 Å². The highest BCUT2D eigenvalue weighted by atomic mass is 16.5. The van der Waals surface area contributed by atoms with Crippen molar-refractivity contribution in [2.24, 2.45) is 5.73 Å². The molecule has 0 amide bonds. The van der Waals surface area contributed by atoms with E-state index < -0.39 is 5.60 Å². The quantitative estimate of drug-likeness (QED) is 0.826. The third-order valence-electron chi connectivity index (χ3n) is 3.54. The van der Waals surface area contributed by atoms with Crippen LogP contribution >= 0.6 is 0 Å². The van der Waals surface area contributed by atoms with Crippen molar-refractivity contribution in [2.75, 3.05) is 7.11 Å². The summed E-state index contributed by atoms with van der Waals surface area (Å²) in [6.45, 7) is 8.03. The SMILES string of the molecule is CCC(N)C(C)c1nc(C(C)(CC)OC)no1. The van der Waals surface area contributed by atoms with Gasteiger partial charge in [-0.05, 0) is 19.8 Å². The minimum absolute atomic E-state index is 0.0405. The first kappa shape index (κ1) is 14.1. The van der Waals surface area contributed by atoms with E-state index in [4.69, 9.17) is 15.0 Å². The average Bonchev–Trinajstić information content (AvgIpc) is 2.85. The molecule has 0 aliphatic rings. The Kier molecular flexibility index (Phi) is 4.65. The van der Waals surface area contributed by atoms with Gasteiger partial charge in [0.05, 0.1) is 5.92 Å². The van der Waals surface area contributed by atoms with Crippen molar-refractivity contribution in [2.45, 2.75) is 58.1 Å². The molecule has 1 rings (SSSR count). The van der Waals surface area contributed by atoms with Gasteiger partial charge in [0.25, 0.3) is 0 Å². The lowest BCUT2D eigenvalue weighted by atomic mass is 10.00. The van der Waals surface area contributed by atoms with E-state index in [1.165, 1.54) is 0 Å². The van der Waals surface area contributed by atoms with Gasteiger partial charge < -0.3 is 15.0 Å². The fourth-order valence-corrected chi connectivity index (χ4v) is 1.57. The topological polar surface area (TPSA) is 74.2 Å². The molecule has 1 heterocycles. The zero-order valence-electron chi connectivity index (χ0n) is 11.4. The highest BCUT2D eigenvalue weighted by Crippen LogP contribution is 2.27. The predicted molar refractivity (Wildman–Crippen MR) is 65.6 cm³/mol. The first-order chi connectivity index (χ1) is 7.98. The first-order valence-electron chi connectivity index (χ1n) is 6.13. The van der Waals surface area contributed by atoms with Gasteiger partial charge in [-0.1, -0.05) is 25.9 Å². The zero-order chi connectivity index (χ0) is 13.1. The molecular weight excluding hydrogens is 218 g/mol. The summed E-state index contributed by atoms with van der Waals surface area (Å²) in [5.41, 5.74) is 5.48. The number of methoxy groups -OCH3 is 1. The monoisotopic (exact) mass is 241 g/mol. The second-order valence-electron chi connectivity index (χ2n) is 4.61. The second kappa shape index (κ2) is 5.60. The molecule has 1 aromatic rings. The molecule has 0 spiro atoms. The van der Waals surface area contributed by atoms with Crippen LogP contribution in [-0.2, 0) is 10.3 Å². The van der Waals surface area contributed by atoms with Crippen LogP contribution in [0.2, 0.25) is 0 Å². The fourth-order valence-electron chi connectivity index (χ4n) is 1.57. The van der Waals surface area contributed by atoms with Gasteiger partial charge in [0, 0.05) is 13.2 Å². The van der Waals surface area contributed by atoms with Gasteiger partial charge in [-0.15, -0.1) is 0 Å². The number of nitrogens with two attached hydrogens (primary N) is 1. The predicted octanol–water partition coefficient (Wildman–Crippen LogP) is 2.18. The van der Waals surface area contributed by atoms with Crippen LogP contribution in [0.25, 0.3) is 0 Å². The standard InChI is InChI=1S/C12H23N3O2/c1-6-9(13)8(3)10-14-11(15-17-10)12(4,7-2)16-5/h8-9H,6-7,13H2,1-5H3. The molecule has 98 valence electrons. The Morgan fingerprint density at radius 1 is 1.47 bits per heavy atom. The van der Waals surface area contributed by atoms with Gasteiger partial charge in [-0.25, -0.2) is 0 Å². The summed E-state index contributed by atoms with van der Waals surface area (Å²) in [6.07, 6.45) is 1.67. The van der Waals surface area contributed by atoms with Crippen LogP contribution in [0.1, 0.15) is 58.2 Å². The van der Waals surface area contributed by atoms with E-state index in [2.05, 4.69) is 10.1 Å². The maximum Gasteiger partial charge on any atom is 0.231 e. The van der Waals surface area contributed by atoms with Crippen molar-refractivity contribution in [1.82, 2.24) is 10.1 Å². The Morgan fingerprint density at radius 3 is 2.59 bits per heavy atom. The number of hydrogen-bond acceptors (Lipinski definition) is 5. The van der Waals surface area contributed by atoms with Crippen LogP contribution in [0.3, 0.4) is 0 Å². The van der Waals surface area contributed by atoms with Crippen LogP contribution < -0.4 is 5.73 Å². The number of nitrogens with zero attached hydrogens (tertiary/aromatic N) is 2. The normalized spacial score (nSPS) is 18.7. The summed E-state index contributed by atoms with van der Waals surface area (Å²) in [6, 6.07) is 0.0405. The molecule has 2 N–H and O–H groups in total. The van der Waals surface area contributed by atoms with Gasteiger partial charge >= 0.3 is 0 Å². The van der Waals surface area contributed by atoms with Gasteiger partial charge in [0.15, 0.2) is 0 Å². The van der Waals surface area contributed by atoms with E-state index in [-0.39, 0.29) is 12.0 Å². The molecule has 1 aromatic heterocycles. The Balaban J connectivity index is 2.91. The third-order valence-corrected chi connectivity index (χ3v) is 3.54. The molecule has 0 saturated heterocycles. The minimum Gasteiger partial charge on any atom is -0.370 e. The van der Waals surface area contributed by atoms with Crippen molar-refractivity contribution in [3.63, 3.8) is 0 Å². The Morgan fingerprint density at radius 2 is 2.12 bits per heavy atom. The van der Waals surface area contributed by atoms with E-state index in [0.717, 1.165) is 12.8 Å². The smallest absolute Gasteiger partial charge is 0.231 e. The lowest BCUT2D eigenvalue weighted by Crippen LogP contribution is -2.27. The molecule has 0 aliphatic carbocycles. The van der Waals surface area contributed by atoms with E-state index >= 15 is 0 Å². The second-order valence-corrected chi connectivity index (χ2v) is 4.61. The van der Waals surface area contributed by atoms with Crippen molar-refractivity contribution >= 4 is 0 Å².